The number of hydrogen-bond acceptors (Lipinski definition) is 3. The third-order valence-corrected chi connectivity index (χ3v) is 3.61. The number of hydrogen-bond donors (Lipinski definition) is 1. The number of rotatable bonds is 2. The largest absolute Gasteiger partial charge is 0.418 e. The number of nitrogens with zero attached hydrogens (tertiary/aromatic N) is 3. The summed E-state index contributed by atoms with van der Waals surface area (Å²) < 4.78 is 40.8. The van der Waals surface area contributed by atoms with Gasteiger partial charge < -0.3 is 5.32 Å². The molecule has 0 aliphatic carbocycles. The fourth-order valence-electron chi connectivity index (χ4n) is 2.21. The smallest absolute Gasteiger partial charge is 0.321 e. The summed E-state index contributed by atoms with van der Waals surface area (Å²) in [6.45, 7) is 1.74. The summed E-state index contributed by atoms with van der Waals surface area (Å²) in [6, 6.07) is 6.07. The molecule has 3 rings (SSSR count). The van der Waals surface area contributed by atoms with Crippen LogP contribution in [0, 0.1) is 6.92 Å². The highest BCUT2D eigenvalue weighted by Gasteiger charge is 2.34. The number of benzene rings is 1. The molecule has 1 amide bonds. The number of aromatic nitrogens is 3. The molecule has 0 radical (unpaired) electrons. The second kappa shape index (κ2) is 5.79. The fourth-order valence-corrected chi connectivity index (χ4v) is 2.38. The minimum Gasteiger partial charge on any atom is -0.321 e. The number of carbonyl (C=O) groups excluding carboxylic acids is 1. The summed E-state index contributed by atoms with van der Waals surface area (Å²) in [4.78, 5) is 12.3. The van der Waals surface area contributed by atoms with Crippen LogP contribution in [0.1, 0.15) is 21.7 Å². The first-order valence-corrected chi connectivity index (χ1v) is 7.13. The Morgan fingerprint density at radius 1 is 1.21 bits per heavy atom. The maximum atomic E-state index is 13.1. The second-order valence-electron chi connectivity index (χ2n) is 5.03. The van der Waals surface area contributed by atoms with Crippen molar-refractivity contribution in [1.29, 1.82) is 0 Å². The number of pyridine rings is 1. The molecule has 9 heteroatoms. The number of amides is 1. The summed E-state index contributed by atoms with van der Waals surface area (Å²) in [5.74, 6) is -0.0556. The number of nitrogens with one attached hydrogen (secondary N) is 1. The molecule has 124 valence electrons. The summed E-state index contributed by atoms with van der Waals surface area (Å²) >= 11 is 5.61. The number of carbonyl (C=O) groups is 1. The Balaban J connectivity index is 1.94. The molecule has 1 aromatic carbocycles. The molecule has 0 unspecified atom stereocenters. The first-order valence-electron chi connectivity index (χ1n) is 6.75. The number of aryl methyl sites for hydroxylation is 1. The van der Waals surface area contributed by atoms with Crippen molar-refractivity contribution in [3.8, 4) is 0 Å². The summed E-state index contributed by atoms with van der Waals surface area (Å²) in [6.07, 6.45) is -3.06. The summed E-state index contributed by atoms with van der Waals surface area (Å²) in [7, 11) is 0. The molecule has 0 spiro atoms. The van der Waals surface area contributed by atoms with E-state index in [-0.39, 0.29) is 16.3 Å². The molecule has 0 fully saturated rings. The molecular formula is C15H10ClF3N4O. The molecule has 0 saturated heterocycles. The van der Waals surface area contributed by atoms with Crippen LogP contribution in [0.5, 0.6) is 0 Å². The second-order valence-corrected chi connectivity index (χ2v) is 5.47. The SMILES string of the molecule is Cc1nnc2cc(C(=O)Nc3ccc(Cl)cc3C(F)(F)F)ccn12. The lowest BCUT2D eigenvalue weighted by molar-refractivity contribution is -0.136. The Labute approximate surface area is 139 Å². The van der Waals surface area contributed by atoms with Crippen molar-refractivity contribution in [2.75, 3.05) is 5.32 Å². The fraction of sp³-hybridized carbons (Fsp3) is 0.133. The van der Waals surface area contributed by atoms with Gasteiger partial charge in [0.25, 0.3) is 5.91 Å². The average Bonchev–Trinajstić information content (AvgIpc) is 2.89. The Hall–Kier alpha value is -2.61. The van der Waals surface area contributed by atoms with Gasteiger partial charge in [0.05, 0.1) is 11.3 Å². The van der Waals surface area contributed by atoms with E-state index < -0.39 is 17.6 Å². The summed E-state index contributed by atoms with van der Waals surface area (Å²) in [5, 5.41) is 9.91. The predicted molar refractivity (Wildman–Crippen MR) is 82.1 cm³/mol. The molecule has 0 atom stereocenters. The minimum absolute atomic E-state index is 0.0688. The van der Waals surface area contributed by atoms with Crippen LogP contribution in [0.3, 0.4) is 0 Å². The molecule has 3 aromatic rings. The van der Waals surface area contributed by atoms with Gasteiger partial charge in [-0.25, -0.2) is 0 Å². The van der Waals surface area contributed by atoms with Crippen LogP contribution in [0.2, 0.25) is 5.02 Å². The van der Waals surface area contributed by atoms with Crippen molar-refractivity contribution in [2.24, 2.45) is 0 Å². The van der Waals surface area contributed by atoms with Crippen LogP contribution in [0.15, 0.2) is 36.5 Å². The normalized spacial score (nSPS) is 11.7. The maximum absolute atomic E-state index is 13.1. The van der Waals surface area contributed by atoms with Crippen molar-refractivity contribution in [3.05, 3.63) is 58.5 Å². The molecule has 0 bridgehead atoms. The summed E-state index contributed by atoms with van der Waals surface area (Å²) in [5.41, 5.74) is -0.789. The van der Waals surface area contributed by atoms with E-state index in [1.165, 1.54) is 18.2 Å². The van der Waals surface area contributed by atoms with Crippen LogP contribution >= 0.6 is 11.6 Å². The minimum atomic E-state index is -4.64. The van der Waals surface area contributed by atoms with Crippen molar-refractivity contribution in [1.82, 2.24) is 14.6 Å². The predicted octanol–water partition coefficient (Wildman–Crippen LogP) is 3.96. The number of anilines is 1. The molecule has 0 aliphatic rings. The third kappa shape index (κ3) is 3.05. The monoisotopic (exact) mass is 354 g/mol. The van der Waals surface area contributed by atoms with Gasteiger partial charge in [-0.05, 0) is 37.3 Å². The Kier molecular flexibility index (Phi) is 3.92. The molecule has 24 heavy (non-hydrogen) atoms. The van der Waals surface area contributed by atoms with Crippen molar-refractivity contribution >= 4 is 28.8 Å². The van der Waals surface area contributed by atoms with Gasteiger partial charge in [0.2, 0.25) is 0 Å². The van der Waals surface area contributed by atoms with E-state index in [0.717, 1.165) is 12.1 Å². The van der Waals surface area contributed by atoms with Gasteiger partial charge in [0.15, 0.2) is 5.65 Å². The van der Waals surface area contributed by atoms with Crippen LogP contribution in [0.4, 0.5) is 18.9 Å². The Morgan fingerprint density at radius 3 is 2.67 bits per heavy atom. The van der Waals surface area contributed by atoms with E-state index in [1.807, 2.05) is 0 Å². The van der Waals surface area contributed by atoms with Gasteiger partial charge in [0.1, 0.15) is 5.82 Å². The van der Waals surface area contributed by atoms with E-state index >= 15 is 0 Å². The van der Waals surface area contributed by atoms with Crippen LogP contribution < -0.4 is 5.32 Å². The lowest BCUT2D eigenvalue weighted by Gasteiger charge is -2.14. The zero-order valence-corrected chi connectivity index (χ0v) is 13.0. The number of alkyl halides is 3. The molecule has 1 N–H and O–H groups in total. The standard InChI is InChI=1S/C15H10ClF3N4O/c1-8-21-22-13-6-9(4-5-23(8)13)14(24)20-12-3-2-10(16)7-11(12)15(17,18)19/h2-7H,1H3,(H,20,24). The highest BCUT2D eigenvalue weighted by atomic mass is 35.5. The van der Waals surface area contributed by atoms with E-state index in [9.17, 15) is 18.0 Å². The molecule has 5 nitrogen and oxygen atoms in total. The number of halogens is 4. The van der Waals surface area contributed by atoms with Crippen LogP contribution in [-0.4, -0.2) is 20.5 Å². The Bertz CT molecular complexity index is 936. The van der Waals surface area contributed by atoms with E-state index in [4.69, 9.17) is 11.6 Å². The lowest BCUT2D eigenvalue weighted by atomic mass is 10.1. The van der Waals surface area contributed by atoms with Crippen LogP contribution in [-0.2, 0) is 6.18 Å². The zero-order valence-electron chi connectivity index (χ0n) is 12.2. The maximum Gasteiger partial charge on any atom is 0.418 e. The molecule has 0 aliphatic heterocycles. The first-order chi connectivity index (χ1) is 11.3. The molecular weight excluding hydrogens is 345 g/mol. The highest BCUT2D eigenvalue weighted by molar-refractivity contribution is 6.30. The zero-order chi connectivity index (χ0) is 17.5. The topological polar surface area (TPSA) is 59.3 Å². The first kappa shape index (κ1) is 16.3. The van der Waals surface area contributed by atoms with Gasteiger partial charge in [0, 0.05) is 16.8 Å². The molecule has 2 aromatic heterocycles. The highest BCUT2D eigenvalue weighted by Crippen LogP contribution is 2.36. The van der Waals surface area contributed by atoms with E-state index in [2.05, 4.69) is 15.5 Å². The molecule has 2 heterocycles. The van der Waals surface area contributed by atoms with Crippen molar-refractivity contribution in [3.63, 3.8) is 0 Å². The van der Waals surface area contributed by atoms with Crippen molar-refractivity contribution in [2.45, 2.75) is 13.1 Å². The van der Waals surface area contributed by atoms with Crippen molar-refractivity contribution < 1.29 is 18.0 Å². The van der Waals surface area contributed by atoms with Gasteiger partial charge in [-0.3, -0.25) is 9.20 Å². The average molecular weight is 355 g/mol. The van der Waals surface area contributed by atoms with Gasteiger partial charge >= 0.3 is 6.18 Å². The van der Waals surface area contributed by atoms with Gasteiger partial charge in [-0.15, -0.1) is 10.2 Å². The van der Waals surface area contributed by atoms with E-state index in [0.29, 0.717) is 11.5 Å². The quantitative estimate of drug-likeness (QED) is 0.757. The Morgan fingerprint density at radius 2 is 1.96 bits per heavy atom. The lowest BCUT2D eigenvalue weighted by Crippen LogP contribution is -2.17. The van der Waals surface area contributed by atoms with Gasteiger partial charge in [-0.2, -0.15) is 13.2 Å². The third-order valence-electron chi connectivity index (χ3n) is 3.38. The number of fused-ring (bicyclic) bond motifs is 1. The van der Waals surface area contributed by atoms with Crippen LogP contribution in [0.25, 0.3) is 5.65 Å². The van der Waals surface area contributed by atoms with E-state index in [1.54, 1.807) is 17.5 Å². The van der Waals surface area contributed by atoms with Gasteiger partial charge in [-0.1, -0.05) is 11.6 Å². The molecule has 0 saturated carbocycles.